The van der Waals surface area contributed by atoms with E-state index in [4.69, 9.17) is 10.2 Å². The first-order chi connectivity index (χ1) is 7.58. The van der Waals surface area contributed by atoms with Crippen molar-refractivity contribution in [1.82, 2.24) is 5.43 Å². The molecule has 2 heterocycles. The summed E-state index contributed by atoms with van der Waals surface area (Å²) in [5.74, 6) is -0.622. The number of nitro groups is 1. The third-order valence-corrected chi connectivity index (χ3v) is 2.15. The van der Waals surface area contributed by atoms with Crippen LogP contribution in [0.5, 0.6) is 0 Å². The lowest BCUT2D eigenvalue weighted by Gasteiger charge is -2.01. The first kappa shape index (κ1) is 10.1. The van der Waals surface area contributed by atoms with Crippen molar-refractivity contribution in [1.29, 1.82) is 0 Å². The van der Waals surface area contributed by atoms with Crippen molar-refractivity contribution >= 4 is 17.5 Å². The van der Waals surface area contributed by atoms with Crippen molar-refractivity contribution in [2.45, 2.75) is 12.5 Å². The number of rotatable bonds is 3. The van der Waals surface area contributed by atoms with Gasteiger partial charge in [0.2, 0.25) is 5.91 Å². The molecule has 1 aromatic rings. The van der Waals surface area contributed by atoms with Gasteiger partial charge in [0, 0.05) is 6.42 Å². The van der Waals surface area contributed by atoms with Crippen LogP contribution in [0.2, 0.25) is 0 Å². The molecule has 0 spiro atoms. The van der Waals surface area contributed by atoms with E-state index in [0.717, 1.165) is 0 Å². The number of hydrogen-bond donors (Lipinski definition) is 2. The number of nitrogens with one attached hydrogen (secondary N) is 1. The van der Waals surface area contributed by atoms with Gasteiger partial charge < -0.3 is 10.2 Å². The summed E-state index contributed by atoms with van der Waals surface area (Å²) in [6.07, 6.45) is 0.264. The monoisotopic (exact) mass is 224 g/mol. The molecule has 0 unspecified atom stereocenters. The molecule has 0 aliphatic carbocycles. The Balaban J connectivity index is 2.14. The Bertz CT molecular complexity index is 478. The molecule has 0 aromatic carbocycles. The summed E-state index contributed by atoms with van der Waals surface area (Å²) in [5.41, 5.74) is 8.05. The van der Waals surface area contributed by atoms with Gasteiger partial charge in [-0.15, -0.1) is 0 Å². The van der Waals surface area contributed by atoms with Gasteiger partial charge in [-0.2, -0.15) is 5.10 Å². The van der Waals surface area contributed by atoms with Crippen molar-refractivity contribution in [3.63, 3.8) is 0 Å². The minimum atomic E-state index is -0.641. The summed E-state index contributed by atoms with van der Waals surface area (Å²) < 4.78 is 4.94. The lowest BCUT2D eigenvalue weighted by molar-refractivity contribution is -0.402. The average Bonchev–Trinajstić information content (AvgIpc) is 2.86. The van der Waals surface area contributed by atoms with Gasteiger partial charge in [0.05, 0.1) is 6.07 Å². The summed E-state index contributed by atoms with van der Waals surface area (Å²) in [7, 11) is 0. The number of amides is 1. The van der Waals surface area contributed by atoms with Crippen LogP contribution in [0.4, 0.5) is 5.88 Å². The van der Waals surface area contributed by atoms with Crippen LogP contribution in [-0.2, 0) is 4.79 Å². The molecule has 0 saturated heterocycles. The number of hydrogen-bond acceptors (Lipinski definition) is 6. The summed E-state index contributed by atoms with van der Waals surface area (Å²) >= 11 is 0. The maximum absolute atomic E-state index is 10.8. The van der Waals surface area contributed by atoms with Crippen molar-refractivity contribution in [2.75, 3.05) is 0 Å². The predicted molar refractivity (Wildman–Crippen MR) is 52.6 cm³/mol. The molecule has 1 aliphatic heterocycles. The van der Waals surface area contributed by atoms with Crippen LogP contribution in [-0.4, -0.2) is 22.6 Å². The Morgan fingerprint density at radius 2 is 2.44 bits per heavy atom. The Kier molecular flexibility index (Phi) is 2.31. The Labute approximate surface area is 89.2 Å². The molecule has 0 saturated carbocycles. The van der Waals surface area contributed by atoms with E-state index in [1.165, 1.54) is 12.1 Å². The van der Waals surface area contributed by atoms with Gasteiger partial charge in [-0.1, -0.05) is 0 Å². The number of nitrogens with two attached hydrogens (primary N) is 1. The Morgan fingerprint density at radius 3 is 2.94 bits per heavy atom. The average molecular weight is 224 g/mol. The molecule has 1 atom stereocenters. The summed E-state index contributed by atoms with van der Waals surface area (Å²) in [5, 5.41) is 14.2. The topological polar surface area (TPSA) is 124 Å². The third-order valence-electron chi connectivity index (χ3n) is 2.15. The van der Waals surface area contributed by atoms with Crippen LogP contribution in [0, 0.1) is 10.1 Å². The van der Waals surface area contributed by atoms with Gasteiger partial charge in [-0.05, 0) is 6.07 Å². The SMILES string of the molecule is NC(=O)[C@@H]1CC(c2ccc([N+](=O)[O-])o2)=NN1. The highest BCUT2D eigenvalue weighted by atomic mass is 16.6. The second-order valence-corrected chi connectivity index (χ2v) is 3.24. The zero-order chi connectivity index (χ0) is 11.7. The summed E-state index contributed by atoms with van der Waals surface area (Å²) in [6.45, 7) is 0. The number of nitrogens with zero attached hydrogens (tertiary/aromatic N) is 2. The standard InChI is InChI=1S/C8H8N4O4/c9-8(13)5-3-4(10-11-5)6-1-2-7(16-6)12(14)15/h1-2,5,11H,3H2,(H2,9,13)/t5-/m0/s1. The Hall–Kier alpha value is -2.38. The maximum atomic E-state index is 10.8. The fourth-order valence-corrected chi connectivity index (χ4v) is 1.34. The number of carbonyl (C=O) groups is 1. The second kappa shape index (κ2) is 3.65. The highest BCUT2D eigenvalue weighted by molar-refractivity contribution is 6.02. The minimum absolute atomic E-state index is 0.264. The smallest absolute Gasteiger partial charge is 0.399 e. The van der Waals surface area contributed by atoms with Crippen LogP contribution in [0.15, 0.2) is 21.7 Å². The molecule has 1 amide bonds. The first-order valence-corrected chi connectivity index (χ1v) is 4.44. The van der Waals surface area contributed by atoms with Gasteiger partial charge >= 0.3 is 5.88 Å². The van der Waals surface area contributed by atoms with Crippen molar-refractivity contribution in [3.8, 4) is 0 Å². The number of carbonyl (C=O) groups excluding carboxylic acids is 1. The molecule has 0 bridgehead atoms. The van der Waals surface area contributed by atoms with E-state index >= 15 is 0 Å². The van der Waals surface area contributed by atoms with Crippen molar-refractivity contribution in [3.05, 3.63) is 28.0 Å². The fourth-order valence-electron chi connectivity index (χ4n) is 1.34. The molecule has 0 fully saturated rings. The second-order valence-electron chi connectivity index (χ2n) is 3.24. The fraction of sp³-hybridized carbons (Fsp3) is 0.250. The van der Waals surface area contributed by atoms with Crippen molar-refractivity contribution in [2.24, 2.45) is 10.8 Å². The van der Waals surface area contributed by atoms with E-state index in [-0.39, 0.29) is 18.1 Å². The molecule has 2 rings (SSSR count). The number of hydrazone groups is 1. The molecule has 1 aromatic heterocycles. The molecule has 1 aliphatic rings. The molecule has 84 valence electrons. The highest BCUT2D eigenvalue weighted by Gasteiger charge is 2.26. The molecule has 3 N–H and O–H groups in total. The van der Waals surface area contributed by atoms with Gasteiger partial charge in [0.1, 0.15) is 16.7 Å². The minimum Gasteiger partial charge on any atom is -0.399 e. The highest BCUT2D eigenvalue weighted by Crippen LogP contribution is 2.19. The van der Waals surface area contributed by atoms with Gasteiger partial charge in [-0.25, -0.2) is 0 Å². The van der Waals surface area contributed by atoms with Crippen LogP contribution in [0.25, 0.3) is 0 Å². The summed E-state index contributed by atoms with van der Waals surface area (Å²) in [6, 6.07) is 2.08. The third kappa shape index (κ3) is 1.72. The van der Waals surface area contributed by atoms with E-state index < -0.39 is 16.9 Å². The molecule has 8 heteroatoms. The normalized spacial score (nSPS) is 19.0. The maximum Gasteiger partial charge on any atom is 0.433 e. The number of furan rings is 1. The molecule has 16 heavy (non-hydrogen) atoms. The van der Waals surface area contributed by atoms with Gasteiger partial charge in [0.15, 0.2) is 5.76 Å². The van der Waals surface area contributed by atoms with Gasteiger partial charge in [-0.3, -0.25) is 20.3 Å². The Morgan fingerprint density at radius 1 is 1.69 bits per heavy atom. The molecule has 8 nitrogen and oxygen atoms in total. The van der Waals surface area contributed by atoms with E-state index in [0.29, 0.717) is 5.71 Å². The van der Waals surface area contributed by atoms with Crippen LogP contribution < -0.4 is 11.2 Å². The zero-order valence-electron chi connectivity index (χ0n) is 8.04. The van der Waals surface area contributed by atoms with E-state index in [1.54, 1.807) is 0 Å². The molecule has 0 radical (unpaired) electrons. The zero-order valence-corrected chi connectivity index (χ0v) is 8.04. The van der Waals surface area contributed by atoms with E-state index in [9.17, 15) is 14.9 Å². The molecular formula is C8H8N4O4. The van der Waals surface area contributed by atoms with Crippen molar-refractivity contribution < 1.29 is 14.1 Å². The van der Waals surface area contributed by atoms with E-state index in [1.807, 2.05) is 0 Å². The first-order valence-electron chi connectivity index (χ1n) is 4.44. The van der Waals surface area contributed by atoms with Crippen LogP contribution in [0.1, 0.15) is 12.2 Å². The largest absolute Gasteiger partial charge is 0.433 e. The molecular weight excluding hydrogens is 216 g/mol. The lowest BCUT2D eigenvalue weighted by atomic mass is 10.1. The van der Waals surface area contributed by atoms with Crippen LogP contribution >= 0.6 is 0 Å². The summed E-state index contributed by atoms with van der Waals surface area (Å²) in [4.78, 5) is 20.6. The lowest BCUT2D eigenvalue weighted by Crippen LogP contribution is -2.35. The van der Waals surface area contributed by atoms with E-state index in [2.05, 4.69) is 10.5 Å². The predicted octanol–water partition coefficient (Wildman–Crippen LogP) is -0.261. The quantitative estimate of drug-likeness (QED) is 0.540. The van der Waals surface area contributed by atoms with Crippen LogP contribution in [0.3, 0.4) is 0 Å². The van der Waals surface area contributed by atoms with Gasteiger partial charge in [0.25, 0.3) is 0 Å². The number of primary amides is 1.